The summed E-state index contributed by atoms with van der Waals surface area (Å²) in [5.74, 6) is 0.855. The fraction of sp³-hybridized carbons (Fsp3) is 0.538. The highest BCUT2D eigenvalue weighted by Crippen LogP contribution is 2.26. The van der Waals surface area contributed by atoms with Crippen molar-refractivity contribution < 1.29 is 4.39 Å². The first-order chi connectivity index (χ1) is 7.13. The Hall–Kier alpha value is -0.890. The minimum absolute atomic E-state index is 0.154. The molecule has 84 valence electrons. The van der Waals surface area contributed by atoms with E-state index in [9.17, 15) is 4.39 Å². The second kappa shape index (κ2) is 5.86. The molecule has 0 aromatic heterocycles. The first-order valence-corrected chi connectivity index (χ1v) is 5.59. The minimum atomic E-state index is -0.154. The SMILES string of the molecule is CC(C)CC(CCN)c1cccc(F)c1. The molecule has 0 aliphatic heterocycles. The predicted octanol–water partition coefficient (Wildman–Crippen LogP) is 3.30. The third-order valence-electron chi connectivity index (χ3n) is 2.59. The molecule has 1 rings (SSSR count). The van der Waals surface area contributed by atoms with Gasteiger partial charge in [-0.1, -0.05) is 26.0 Å². The lowest BCUT2D eigenvalue weighted by molar-refractivity contribution is 0.478. The maximum atomic E-state index is 13.1. The quantitative estimate of drug-likeness (QED) is 0.791. The van der Waals surface area contributed by atoms with Gasteiger partial charge < -0.3 is 5.73 Å². The Morgan fingerprint density at radius 2 is 2.07 bits per heavy atom. The average Bonchev–Trinajstić information content (AvgIpc) is 2.16. The van der Waals surface area contributed by atoms with Gasteiger partial charge in [0.2, 0.25) is 0 Å². The lowest BCUT2D eigenvalue weighted by Gasteiger charge is -2.18. The van der Waals surface area contributed by atoms with Gasteiger partial charge in [-0.15, -0.1) is 0 Å². The maximum absolute atomic E-state index is 13.1. The molecule has 1 aromatic rings. The molecule has 1 aromatic carbocycles. The number of hydrogen-bond acceptors (Lipinski definition) is 1. The molecule has 0 saturated carbocycles. The summed E-state index contributed by atoms with van der Waals surface area (Å²) >= 11 is 0. The topological polar surface area (TPSA) is 26.0 Å². The average molecular weight is 209 g/mol. The van der Waals surface area contributed by atoms with Gasteiger partial charge >= 0.3 is 0 Å². The third-order valence-corrected chi connectivity index (χ3v) is 2.59. The molecule has 2 N–H and O–H groups in total. The van der Waals surface area contributed by atoms with Crippen LogP contribution >= 0.6 is 0 Å². The van der Waals surface area contributed by atoms with E-state index < -0.39 is 0 Å². The van der Waals surface area contributed by atoms with Gasteiger partial charge in [-0.05, 0) is 48.9 Å². The summed E-state index contributed by atoms with van der Waals surface area (Å²) in [6.07, 6.45) is 2.00. The highest BCUT2D eigenvalue weighted by molar-refractivity contribution is 5.20. The smallest absolute Gasteiger partial charge is 0.123 e. The monoisotopic (exact) mass is 209 g/mol. The first kappa shape index (κ1) is 12.2. The van der Waals surface area contributed by atoms with E-state index in [1.165, 1.54) is 6.07 Å². The van der Waals surface area contributed by atoms with Crippen LogP contribution in [0.25, 0.3) is 0 Å². The Balaban J connectivity index is 2.78. The largest absolute Gasteiger partial charge is 0.330 e. The molecule has 0 bridgehead atoms. The molecule has 1 atom stereocenters. The number of rotatable bonds is 5. The van der Waals surface area contributed by atoms with Gasteiger partial charge in [-0.25, -0.2) is 4.39 Å². The number of halogens is 1. The van der Waals surface area contributed by atoms with E-state index in [0.29, 0.717) is 18.4 Å². The molecule has 0 spiro atoms. The third kappa shape index (κ3) is 4.00. The number of nitrogens with two attached hydrogens (primary N) is 1. The first-order valence-electron chi connectivity index (χ1n) is 5.59. The lowest BCUT2D eigenvalue weighted by atomic mass is 9.88. The van der Waals surface area contributed by atoms with Crippen LogP contribution in [0.1, 0.15) is 38.2 Å². The summed E-state index contributed by atoms with van der Waals surface area (Å²) < 4.78 is 13.1. The van der Waals surface area contributed by atoms with E-state index in [4.69, 9.17) is 5.73 Å². The lowest BCUT2D eigenvalue weighted by Crippen LogP contribution is -2.10. The predicted molar refractivity (Wildman–Crippen MR) is 62.3 cm³/mol. The Morgan fingerprint density at radius 1 is 1.33 bits per heavy atom. The van der Waals surface area contributed by atoms with Gasteiger partial charge in [0.05, 0.1) is 0 Å². The van der Waals surface area contributed by atoms with E-state index in [2.05, 4.69) is 13.8 Å². The normalized spacial score (nSPS) is 13.1. The Bertz CT molecular complexity index is 296. The van der Waals surface area contributed by atoms with Crippen LogP contribution in [0, 0.1) is 11.7 Å². The maximum Gasteiger partial charge on any atom is 0.123 e. The van der Waals surface area contributed by atoms with Crippen molar-refractivity contribution in [2.24, 2.45) is 11.7 Å². The second-order valence-electron chi connectivity index (χ2n) is 4.46. The molecule has 1 unspecified atom stereocenters. The fourth-order valence-electron chi connectivity index (χ4n) is 1.95. The zero-order valence-corrected chi connectivity index (χ0v) is 9.54. The highest BCUT2D eigenvalue weighted by atomic mass is 19.1. The van der Waals surface area contributed by atoms with Crippen LogP contribution in [0.2, 0.25) is 0 Å². The Morgan fingerprint density at radius 3 is 2.60 bits per heavy atom. The molecule has 15 heavy (non-hydrogen) atoms. The zero-order valence-electron chi connectivity index (χ0n) is 9.54. The van der Waals surface area contributed by atoms with Crippen LogP contribution in [-0.4, -0.2) is 6.54 Å². The summed E-state index contributed by atoms with van der Waals surface area (Å²) in [7, 11) is 0. The molecule has 2 heteroatoms. The van der Waals surface area contributed by atoms with Gasteiger partial charge in [0, 0.05) is 0 Å². The van der Waals surface area contributed by atoms with Crippen molar-refractivity contribution in [1.82, 2.24) is 0 Å². The summed E-state index contributed by atoms with van der Waals surface area (Å²) in [4.78, 5) is 0. The van der Waals surface area contributed by atoms with Gasteiger partial charge in [-0.3, -0.25) is 0 Å². The summed E-state index contributed by atoms with van der Waals surface area (Å²) in [5, 5.41) is 0. The van der Waals surface area contributed by atoms with Crippen molar-refractivity contribution in [3.63, 3.8) is 0 Å². The van der Waals surface area contributed by atoms with Gasteiger partial charge in [0.1, 0.15) is 5.82 Å². The summed E-state index contributed by atoms with van der Waals surface area (Å²) in [6.45, 7) is 5.03. The number of benzene rings is 1. The van der Waals surface area contributed by atoms with Gasteiger partial charge in [0.15, 0.2) is 0 Å². The molecule has 0 aliphatic rings. The van der Waals surface area contributed by atoms with E-state index in [1.807, 2.05) is 6.07 Å². The zero-order chi connectivity index (χ0) is 11.3. The molecule has 0 heterocycles. The van der Waals surface area contributed by atoms with Crippen LogP contribution in [0.15, 0.2) is 24.3 Å². The molecular weight excluding hydrogens is 189 g/mol. The second-order valence-corrected chi connectivity index (χ2v) is 4.46. The standard InChI is InChI=1S/C13H20FN/c1-10(2)8-12(6-7-15)11-4-3-5-13(14)9-11/h3-5,9-10,12H,6-8,15H2,1-2H3. The fourth-order valence-corrected chi connectivity index (χ4v) is 1.95. The van der Waals surface area contributed by atoms with Crippen molar-refractivity contribution in [3.05, 3.63) is 35.6 Å². The van der Waals surface area contributed by atoms with Crippen LogP contribution in [0.5, 0.6) is 0 Å². The minimum Gasteiger partial charge on any atom is -0.330 e. The van der Waals surface area contributed by atoms with Crippen molar-refractivity contribution in [3.8, 4) is 0 Å². The van der Waals surface area contributed by atoms with E-state index in [-0.39, 0.29) is 5.82 Å². The molecule has 0 fully saturated rings. The highest BCUT2D eigenvalue weighted by Gasteiger charge is 2.12. The van der Waals surface area contributed by atoms with Crippen molar-refractivity contribution in [2.75, 3.05) is 6.54 Å². The number of hydrogen-bond donors (Lipinski definition) is 1. The molecule has 0 aliphatic carbocycles. The van der Waals surface area contributed by atoms with E-state index in [1.54, 1.807) is 12.1 Å². The van der Waals surface area contributed by atoms with Gasteiger partial charge in [-0.2, -0.15) is 0 Å². The van der Waals surface area contributed by atoms with Crippen LogP contribution < -0.4 is 5.73 Å². The molecular formula is C13H20FN. The Kier molecular flexibility index (Phi) is 4.76. The van der Waals surface area contributed by atoms with Crippen molar-refractivity contribution in [1.29, 1.82) is 0 Å². The van der Waals surface area contributed by atoms with E-state index in [0.717, 1.165) is 18.4 Å². The van der Waals surface area contributed by atoms with Crippen molar-refractivity contribution in [2.45, 2.75) is 32.6 Å². The molecule has 0 saturated heterocycles. The summed E-state index contributed by atoms with van der Waals surface area (Å²) in [5.41, 5.74) is 6.66. The summed E-state index contributed by atoms with van der Waals surface area (Å²) in [6, 6.07) is 6.88. The molecule has 0 radical (unpaired) electrons. The van der Waals surface area contributed by atoms with Gasteiger partial charge in [0.25, 0.3) is 0 Å². The van der Waals surface area contributed by atoms with Crippen LogP contribution in [0.3, 0.4) is 0 Å². The van der Waals surface area contributed by atoms with Crippen LogP contribution in [-0.2, 0) is 0 Å². The molecule has 0 amide bonds. The Labute approximate surface area is 91.5 Å². The molecule has 1 nitrogen and oxygen atoms in total. The van der Waals surface area contributed by atoms with E-state index >= 15 is 0 Å². The van der Waals surface area contributed by atoms with Crippen molar-refractivity contribution >= 4 is 0 Å². The van der Waals surface area contributed by atoms with Crippen LogP contribution in [0.4, 0.5) is 4.39 Å².